The molecule has 0 unspecified atom stereocenters. The molecule has 4 rings (SSSR count). The van der Waals surface area contributed by atoms with Gasteiger partial charge in [0.05, 0.1) is 10.9 Å². The fraction of sp³-hybridized carbons (Fsp3) is 0.483. The van der Waals surface area contributed by atoms with Crippen molar-refractivity contribution in [1.29, 1.82) is 0 Å². The number of carbonyl (C=O) groups excluding carboxylic acids is 1. The summed E-state index contributed by atoms with van der Waals surface area (Å²) in [6.45, 7) is 16.2. The Bertz CT molecular complexity index is 1290. The fourth-order valence-corrected chi connectivity index (χ4v) is 5.10. The SMILES string of the molecule is Cc1cc(C)cc(-c2nc3ccc(N4CCCN(C(C)C)CC4)cc3c(=O)n2CC(=O)NC(C)C)c1. The molecule has 1 amide bonds. The Balaban J connectivity index is 1.80. The summed E-state index contributed by atoms with van der Waals surface area (Å²) in [5.74, 6) is 0.324. The lowest BCUT2D eigenvalue weighted by atomic mass is 10.1. The average molecular weight is 490 g/mol. The molecule has 2 heterocycles. The zero-order valence-corrected chi connectivity index (χ0v) is 22.5. The Kier molecular flexibility index (Phi) is 7.79. The first-order valence-electron chi connectivity index (χ1n) is 13.0. The van der Waals surface area contributed by atoms with Crippen molar-refractivity contribution in [3.8, 4) is 11.4 Å². The maximum absolute atomic E-state index is 13.9. The average Bonchev–Trinajstić information content (AvgIpc) is 3.06. The summed E-state index contributed by atoms with van der Waals surface area (Å²) in [5, 5.41) is 3.46. The van der Waals surface area contributed by atoms with E-state index in [0.717, 1.165) is 55.0 Å². The van der Waals surface area contributed by atoms with Crippen molar-refractivity contribution in [2.45, 2.75) is 66.6 Å². The molecule has 0 aliphatic carbocycles. The minimum atomic E-state index is -0.198. The third kappa shape index (κ3) is 5.78. The molecule has 1 saturated heterocycles. The first kappa shape index (κ1) is 25.9. The molecule has 0 saturated carbocycles. The number of hydrogen-bond acceptors (Lipinski definition) is 5. The quantitative estimate of drug-likeness (QED) is 0.564. The Labute approximate surface area is 214 Å². The number of fused-ring (bicyclic) bond motifs is 1. The molecular formula is C29H39N5O2. The van der Waals surface area contributed by atoms with Gasteiger partial charge in [-0.3, -0.25) is 19.1 Å². The summed E-state index contributed by atoms with van der Waals surface area (Å²) < 4.78 is 1.53. The number of benzene rings is 2. The van der Waals surface area contributed by atoms with E-state index in [9.17, 15) is 9.59 Å². The van der Waals surface area contributed by atoms with Crippen LogP contribution in [0.5, 0.6) is 0 Å². The van der Waals surface area contributed by atoms with Gasteiger partial charge in [0.15, 0.2) is 0 Å². The van der Waals surface area contributed by atoms with Gasteiger partial charge in [0.25, 0.3) is 5.56 Å². The molecule has 1 fully saturated rings. The van der Waals surface area contributed by atoms with Gasteiger partial charge in [-0.1, -0.05) is 17.2 Å². The lowest BCUT2D eigenvalue weighted by Crippen LogP contribution is -2.37. The van der Waals surface area contributed by atoms with Crippen LogP contribution in [0.1, 0.15) is 45.2 Å². The zero-order chi connectivity index (χ0) is 26.0. The highest BCUT2D eigenvalue weighted by Gasteiger charge is 2.20. The largest absolute Gasteiger partial charge is 0.370 e. The Morgan fingerprint density at radius 1 is 0.972 bits per heavy atom. The molecule has 0 atom stereocenters. The van der Waals surface area contributed by atoms with E-state index in [1.807, 2.05) is 52.0 Å². The van der Waals surface area contributed by atoms with Crippen molar-refractivity contribution in [3.63, 3.8) is 0 Å². The third-order valence-corrected chi connectivity index (χ3v) is 6.79. The molecule has 7 nitrogen and oxygen atoms in total. The van der Waals surface area contributed by atoms with Crippen LogP contribution in [0.3, 0.4) is 0 Å². The van der Waals surface area contributed by atoms with Crippen LogP contribution in [-0.2, 0) is 11.3 Å². The van der Waals surface area contributed by atoms with Gasteiger partial charge in [0, 0.05) is 49.5 Å². The van der Waals surface area contributed by atoms with Gasteiger partial charge in [-0.15, -0.1) is 0 Å². The topological polar surface area (TPSA) is 70.5 Å². The smallest absolute Gasteiger partial charge is 0.262 e. The third-order valence-electron chi connectivity index (χ3n) is 6.79. The molecule has 1 aliphatic rings. The summed E-state index contributed by atoms with van der Waals surface area (Å²) in [5.41, 5.74) is 4.51. The maximum atomic E-state index is 13.9. The van der Waals surface area contributed by atoms with Crippen molar-refractivity contribution in [1.82, 2.24) is 19.8 Å². The highest BCUT2D eigenvalue weighted by molar-refractivity contribution is 5.84. The molecule has 3 aromatic rings. The molecule has 36 heavy (non-hydrogen) atoms. The second kappa shape index (κ2) is 10.8. The second-order valence-electron chi connectivity index (χ2n) is 10.6. The minimum absolute atomic E-state index is 0.00803. The first-order chi connectivity index (χ1) is 17.1. The van der Waals surface area contributed by atoms with E-state index in [-0.39, 0.29) is 24.1 Å². The summed E-state index contributed by atoms with van der Waals surface area (Å²) >= 11 is 0. The summed E-state index contributed by atoms with van der Waals surface area (Å²) in [7, 11) is 0. The standard InChI is InChI=1S/C29H39N5O2/c1-19(2)30-27(35)18-34-28(23-15-21(5)14-22(6)16-23)31-26-9-8-24(17-25(26)29(34)36)33-11-7-10-32(12-13-33)20(3)4/h8-9,14-17,19-20H,7,10-13,18H2,1-6H3,(H,30,35). The van der Waals surface area contributed by atoms with Crippen molar-refractivity contribution in [2.75, 3.05) is 31.1 Å². The molecule has 2 aromatic carbocycles. The number of nitrogens with one attached hydrogen (secondary N) is 1. The van der Waals surface area contributed by atoms with Crippen LogP contribution in [-0.4, -0.2) is 58.6 Å². The molecule has 0 radical (unpaired) electrons. The van der Waals surface area contributed by atoms with Crippen LogP contribution in [0.2, 0.25) is 0 Å². The first-order valence-corrected chi connectivity index (χ1v) is 13.0. The number of nitrogens with zero attached hydrogens (tertiary/aromatic N) is 4. The number of aryl methyl sites for hydroxylation is 2. The second-order valence-corrected chi connectivity index (χ2v) is 10.6. The Morgan fingerprint density at radius 3 is 2.36 bits per heavy atom. The molecule has 1 N–H and O–H groups in total. The van der Waals surface area contributed by atoms with Crippen molar-refractivity contribution >= 4 is 22.5 Å². The summed E-state index contributed by atoms with van der Waals surface area (Å²) in [6, 6.07) is 12.6. The van der Waals surface area contributed by atoms with Crippen LogP contribution in [0.25, 0.3) is 22.3 Å². The number of rotatable bonds is 6. The number of carbonyl (C=O) groups is 1. The number of amides is 1. The van der Waals surface area contributed by atoms with E-state index in [0.29, 0.717) is 22.8 Å². The van der Waals surface area contributed by atoms with Crippen molar-refractivity contribution in [2.24, 2.45) is 0 Å². The van der Waals surface area contributed by atoms with Gasteiger partial charge >= 0.3 is 0 Å². The van der Waals surface area contributed by atoms with E-state index in [4.69, 9.17) is 4.98 Å². The van der Waals surface area contributed by atoms with Crippen LogP contribution < -0.4 is 15.8 Å². The van der Waals surface area contributed by atoms with Crippen molar-refractivity contribution < 1.29 is 4.79 Å². The number of hydrogen-bond donors (Lipinski definition) is 1. The Morgan fingerprint density at radius 2 is 1.69 bits per heavy atom. The van der Waals surface area contributed by atoms with Gasteiger partial charge < -0.3 is 10.2 Å². The lowest BCUT2D eigenvalue weighted by molar-refractivity contribution is -0.122. The normalized spacial score (nSPS) is 15.1. The molecule has 0 spiro atoms. The summed E-state index contributed by atoms with van der Waals surface area (Å²) in [4.78, 5) is 36.4. The molecule has 1 aliphatic heterocycles. The van der Waals surface area contributed by atoms with Gasteiger partial charge in [0.1, 0.15) is 12.4 Å². The van der Waals surface area contributed by atoms with Crippen LogP contribution in [0.15, 0.2) is 41.2 Å². The molecule has 7 heteroatoms. The van der Waals surface area contributed by atoms with Gasteiger partial charge in [-0.25, -0.2) is 4.98 Å². The van der Waals surface area contributed by atoms with Gasteiger partial charge in [-0.2, -0.15) is 0 Å². The highest BCUT2D eigenvalue weighted by atomic mass is 16.2. The predicted molar refractivity (Wildman–Crippen MR) is 148 cm³/mol. The number of aromatic nitrogens is 2. The Hall–Kier alpha value is -3.19. The van der Waals surface area contributed by atoms with Gasteiger partial charge in [0.2, 0.25) is 5.91 Å². The van der Waals surface area contributed by atoms with E-state index in [2.05, 4.69) is 41.1 Å². The predicted octanol–water partition coefficient (Wildman–Crippen LogP) is 4.13. The number of anilines is 1. The highest BCUT2D eigenvalue weighted by Crippen LogP contribution is 2.25. The van der Waals surface area contributed by atoms with Crippen molar-refractivity contribution in [3.05, 3.63) is 57.9 Å². The molecular weight excluding hydrogens is 450 g/mol. The minimum Gasteiger partial charge on any atom is -0.370 e. The van der Waals surface area contributed by atoms with Crippen LogP contribution >= 0.6 is 0 Å². The van der Waals surface area contributed by atoms with E-state index in [1.165, 1.54) is 4.57 Å². The molecule has 0 bridgehead atoms. The zero-order valence-electron chi connectivity index (χ0n) is 22.5. The maximum Gasteiger partial charge on any atom is 0.262 e. The monoisotopic (exact) mass is 489 g/mol. The summed E-state index contributed by atoms with van der Waals surface area (Å²) in [6.07, 6.45) is 1.08. The van der Waals surface area contributed by atoms with Crippen LogP contribution in [0, 0.1) is 13.8 Å². The van der Waals surface area contributed by atoms with E-state index < -0.39 is 0 Å². The lowest BCUT2D eigenvalue weighted by Gasteiger charge is -2.26. The van der Waals surface area contributed by atoms with Gasteiger partial charge in [-0.05, 0) is 78.3 Å². The van der Waals surface area contributed by atoms with E-state index >= 15 is 0 Å². The van der Waals surface area contributed by atoms with E-state index in [1.54, 1.807) is 0 Å². The molecule has 1 aromatic heterocycles. The fourth-order valence-electron chi connectivity index (χ4n) is 5.10. The molecule has 192 valence electrons. The van der Waals surface area contributed by atoms with Crippen LogP contribution in [0.4, 0.5) is 5.69 Å².